The van der Waals surface area contributed by atoms with Gasteiger partial charge in [0.05, 0.1) is 5.52 Å². The number of benzene rings is 3. The molecule has 1 aromatic heterocycles. The second-order valence-electron chi connectivity index (χ2n) is 8.49. The van der Waals surface area contributed by atoms with E-state index in [4.69, 9.17) is 0 Å². The minimum atomic E-state index is -3.85. The summed E-state index contributed by atoms with van der Waals surface area (Å²) in [6.45, 7) is 2.79. The van der Waals surface area contributed by atoms with Crippen molar-refractivity contribution in [2.75, 3.05) is 42.1 Å². The van der Waals surface area contributed by atoms with E-state index in [-0.39, 0.29) is 10.8 Å². The Labute approximate surface area is 215 Å². The van der Waals surface area contributed by atoms with Crippen LogP contribution in [0.1, 0.15) is 10.4 Å². The number of aromatic nitrogens is 1. The summed E-state index contributed by atoms with van der Waals surface area (Å²) < 4.78 is 28.7. The summed E-state index contributed by atoms with van der Waals surface area (Å²) in [6, 6.07) is 23.6. The number of hydrogen-bond acceptors (Lipinski definition) is 6. The summed E-state index contributed by atoms with van der Waals surface area (Å²) >= 11 is 1.72. The topological polar surface area (TPSA) is 82.6 Å². The van der Waals surface area contributed by atoms with Crippen LogP contribution >= 0.6 is 11.8 Å². The second-order valence-corrected chi connectivity index (χ2v) is 11.0. The molecule has 0 unspecified atom stereocenters. The number of rotatable bonds is 6. The normalized spacial score (nSPS) is 14.1. The molecule has 1 aliphatic rings. The zero-order valence-electron chi connectivity index (χ0n) is 19.8. The number of anilines is 2. The third kappa shape index (κ3) is 5.03. The number of sulfonamides is 1. The van der Waals surface area contributed by atoms with Gasteiger partial charge in [-0.25, -0.2) is 8.42 Å². The van der Waals surface area contributed by atoms with Gasteiger partial charge in [-0.15, -0.1) is 11.8 Å². The van der Waals surface area contributed by atoms with E-state index in [9.17, 15) is 13.2 Å². The molecular weight excluding hydrogens is 492 g/mol. The van der Waals surface area contributed by atoms with Gasteiger partial charge in [-0.1, -0.05) is 24.3 Å². The quantitative estimate of drug-likeness (QED) is 0.372. The second kappa shape index (κ2) is 10.2. The lowest BCUT2D eigenvalue weighted by molar-refractivity contribution is 0.0747. The van der Waals surface area contributed by atoms with Gasteiger partial charge in [-0.3, -0.25) is 14.5 Å². The number of amides is 1. The van der Waals surface area contributed by atoms with Crippen molar-refractivity contribution in [3.63, 3.8) is 0 Å². The predicted molar refractivity (Wildman–Crippen MR) is 145 cm³/mol. The highest BCUT2D eigenvalue weighted by atomic mass is 32.2. The molecule has 0 saturated carbocycles. The van der Waals surface area contributed by atoms with Crippen LogP contribution in [0.4, 0.5) is 11.4 Å². The maximum atomic E-state index is 13.1. The molecule has 1 fully saturated rings. The van der Waals surface area contributed by atoms with Crippen molar-refractivity contribution in [3.05, 3.63) is 90.6 Å². The number of thioether (sulfide) groups is 1. The first kappa shape index (κ1) is 24.1. The fourth-order valence-corrected chi connectivity index (χ4v) is 6.03. The Morgan fingerprint density at radius 3 is 2.39 bits per heavy atom. The third-order valence-corrected chi connectivity index (χ3v) is 8.39. The van der Waals surface area contributed by atoms with Gasteiger partial charge in [-0.05, 0) is 60.9 Å². The zero-order valence-corrected chi connectivity index (χ0v) is 21.4. The fraction of sp³-hybridized carbons (Fsp3) is 0.185. The number of hydrogen-bond donors (Lipinski definition) is 1. The van der Waals surface area contributed by atoms with Gasteiger partial charge in [0.1, 0.15) is 4.90 Å². The molecule has 4 aromatic rings. The van der Waals surface area contributed by atoms with Crippen molar-refractivity contribution in [1.82, 2.24) is 9.88 Å². The van der Waals surface area contributed by atoms with Crippen LogP contribution in [0.3, 0.4) is 0 Å². The van der Waals surface area contributed by atoms with Crippen LogP contribution in [0.5, 0.6) is 0 Å². The number of pyridine rings is 1. The zero-order chi connectivity index (χ0) is 25.1. The van der Waals surface area contributed by atoms with E-state index >= 15 is 0 Å². The number of fused-ring (bicyclic) bond motifs is 1. The minimum absolute atomic E-state index is 0.0554. The molecule has 0 bridgehead atoms. The molecule has 5 rings (SSSR count). The molecule has 0 spiro atoms. The van der Waals surface area contributed by atoms with Crippen LogP contribution < -0.4 is 9.62 Å². The summed E-state index contributed by atoms with van der Waals surface area (Å²) in [5.41, 5.74) is 2.51. The monoisotopic (exact) mass is 518 g/mol. The van der Waals surface area contributed by atoms with Crippen molar-refractivity contribution < 1.29 is 13.2 Å². The van der Waals surface area contributed by atoms with Crippen molar-refractivity contribution in [2.24, 2.45) is 0 Å². The predicted octanol–water partition coefficient (Wildman–Crippen LogP) is 4.72. The van der Waals surface area contributed by atoms with Gasteiger partial charge >= 0.3 is 0 Å². The Balaban J connectivity index is 1.24. The smallest absolute Gasteiger partial charge is 0.264 e. The lowest BCUT2D eigenvalue weighted by Gasteiger charge is -2.36. The van der Waals surface area contributed by atoms with Crippen molar-refractivity contribution in [3.8, 4) is 0 Å². The summed E-state index contributed by atoms with van der Waals surface area (Å²) in [5, 5.41) is 0.748. The number of carbonyl (C=O) groups is 1. The van der Waals surface area contributed by atoms with Crippen LogP contribution in [0.15, 0.2) is 94.9 Å². The van der Waals surface area contributed by atoms with Crippen molar-refractivity contribution in [2.45, 2.75) is 9.79 Å². The van der Waals surface area contributed by atoms with E-state index in [1.807, 2.05) is 17.0 Å². The average Bonchev–Trinajstić information content (AvgIpc) is 2.92. The van der Waals surface area contributed by atoms with Crippen LogP contribution in [-0.4, -0.2) is 56.6 Å². The third-order valence-electron chi connectivity index (χ3n) is 6.25. The largest absolute Gasteiger partial charge is 0.368 e. The number of carbonyl (C=O) groups excluding carboxylic acids is 1. The maximum absolute atomic E-state index is 13.1. The van der Waals surface area contributed by atoms with Gasteiger partial charge in [0, 0.05) is 59.6 Å². The number of para-hydroxylation sites is 1. The molecule has 0 aliphatic carbocycles. The number of nitrogens with one attached hydrogen (secondary N) is 1. The molecular formula is C27H26N4O3S2. The average molecular weight is 519 g/mol. The van der Waals surface area contributed by atoms with Crippen LogP contribution in [0.25, 0.3) is 10.9 Å². The minimum Gasteiger partial charge on any atom is -0.368 e. The molecule has 7 nitrogen and oxygen atoms in total. The Morgan fingerprint density at radius 1 is 0.917 bits per heavy atom. The highest BCUT2D eigenvalue weighted by Gasteiger charge is 2.23. The van der Waals surface area contributed by atoms with Gasteiger partial charge in [0.25, 0.3) is 15.9 Å². The molecule has 0 radical (unpaired) electrons. The first-order chi connectivity index (χ1) is 17.4. The lowest BCUT2D eigenvalue weighted by atomic mass is 10.1. The lowest BCUT2D eigenvalue weighted by Crippen LogP contribution is -2.48. The van der Waals surface area contributed by atoms with Crippen LogP contribution in [0, 0.1) is 0 Å². The maximum Gasteiger partial charge on any atom is 0.264 e. The molecule has 0 atom stereocenters. The van der Waals surface area contributed by atoms with E-state index in [0.717, 1.165) is 18.5 Å². The number of piperazine rings is 1. The van der Waals surface area contributed by atoms with Gasteiger partial charge in [0.2, 0.25) is 0 Å². The van der Waals surface area contributed by atoms with E-state index in [1.54, 1.807) is 54.4 Å². The molecule has 184 valence electrons. The molecule has 1 aliphatic heterocycles. The molecule has 1 amide bonds. The summed E-state index contributed by atoms with van der Waals surface area (Å²) in [6.07, 6.45) is 3.63. The molecule has 9 heteroatoms. The van der Waals surface area contributed by atoms with Gasteiger partial charge < -0.3 is 9.80 Å². The van der Waals surface area contributed by atoms with Crippen LogP contribution in [-0.2, 0) is 10.0 Å². The Kier molecular flexibility index (Phi) is 6.84. The van der Waals surface area contributed by atoms with E-state index in [2.05, 4.69) is 45.1 Å². The van der Waals surface area contributed by atoms with Gasteiger partial charge in [-0.2, -0.15) is 0 Å². The highest BCUT2D eigenvalue weighted by Crippen LogP contribution is 2.25. The van der Waals surface area contributed by atoms with Gasteiger partial charge in [0.15, 0.2) is 0 Å². The fourth-order valence-electron chi connectivity index (χ4n) is 4.34. The Morgan fingerprint density at radius 2 is 1.64 bits per heavy atom. The molecule has 36 heavy (non-hydrogen) atoms. The highest BCUT2D eigenvalue weighted by molar-refractivity contribution is 7.98. The molecule has 1 N–H and O–H groups in total. The standard InChI is InChI=1S/C27H26N4O3S2/c1-35-24-8-3-7-23(19-24)30-15-17-31(18-16-30)27(32)21-10-12-22(13-11-21)29-36(33,34)25-9-2-5-20-6-4-14-28-26(20)25/h2-14,19,29H,15-18H2,1H3. The molecule has 2 heterocycles. The SMILES string of the molecule is CSc1cccc(N2CCN(C(=O)c3ccc(NS(=O)(=O)c4cccc5cccnc45)cc3)CC2)c1. The van der Waals surface area contributed by atoms with E-state index in [0.29, 0.717) is 29.9 Å². The summed E-state index contributed by atoms with van der Waals surface area (Å²) in [7, 11) is -3.85. The number of nitrogens with zero attached hydrogens (tertiary/aromatic N) is 3. The first-order valence-corrected chi connectivity index (χ1v) is 14.3. The first-order valence-electron chi connectivity index (χ1n) is 11.6. The Hall–Kier alpha value is -3.56. The Bertz CT molecular complexity index is 1490. The molecule has 3 aromatic carbocycles. The summed E-state index contributed by atoms with van der Waals surface area (Å²) in [5.74, 6) is -0.0554. The van der Waals surface area contributed by atoms with Crippen molar-refractivity contribution in [1.29, 1.82) is 0 Å². The van der Waals surface area contributed by atoms with Crippen molar-refractivity contribution >= 4 is 50.0 Å². The van der Waals surface area contributed by atoms with E-state index < -0.39 is 10.0 Å². The van der Waals surface area contributed by atoms with E-state index in [1.165, 1.54) is 16.6 Å². The van der Waals surface area contributed by atoms with Crippen LogP contribution in [0.2, 0.25) is 0 Å². The summed E-state index contributed by atoms with van der Waals surface area (Å²) in [4.78, 5) is 22.8. The molecule has 1 saturated heterocycles.